The lowest BCUT2D eigenvalue weighted by molar-refractivity contribution is -0.129. The fourth-order valence-electron chi connectivity index (χ4n) is 2.70. The summed E-state index contributed by atoms with van der Waals surface area (Å²) < 4.78 is 10.6. The zero-order chi connectivity index (χ0) is 21.1. The number of halogens is 2. The number of nitrogens with zero attached hydrogens (tertiary/aromatic N) is 1. The Balaban J connectivity index is 1.54. The molecule has 0 bridgehead atoms. The van der Waals surface area contributed by atoms with E-state index in [0.717, 1.165) is 0 Å². The maximum absolute atomic E-state index is 12.3. The lowest BCUT2D eigenvalue weighted by Gasteiger charge is -2.05. The summed E-state index contributed by atoms with van der Waals surface area (Å²) in [5.41, 5.74) is 1.78. The van der Waals surface area contributed by atoms with Gasteiger partial charge in [-0.3, -0.25) is 0 Å². The number of aliphatic imine (C=N–C) groups is 1. The predicted octanol–water partition coefficient (Wildman–Crippen LogP) is 5.56. The molecule has 4 rings (SSSR count). The van der Waals surface area contributed by atoms with Crippen LogP contribution in [0.15, 0.2) is 83.5 Å². The number of rotatable bonds is 4. The van der Waals surface area contributed by atoms with Gasteiger partial charge in [0.1, 0.15) is 5.75 Å². The normalized spacial score (nSPS) is 14.4. The van der Waals surface area contributed by atoms with Crippen LogP contribution >= 0.6 is 23.2 Å². The Hall–Kier alpha value is -3.41. The van der Waals surface area contributed by atoms with E-state index in [1.165, 1.54) is 0 Å². The average molecular weight is 438 g/mol. The number of esters is 2. The molecule has 0 aromatic heterocycles. The van der Waals surface area contributed by atoms with E-state index < -0.39 is 11.9 Å². The van der Waals surface area contributed by atoms with Crippen molar-refractivity contribution >= 4 is 47.1 Å². The Morgan fingerprint density at radius 3 is 2.30 bits per heavy atom. The number of carbonyl (C=O) groups excluding carboxylic acids is 2. The minimum absolute atomic E-state index is 0.140. The van der Waals surface area contributed by atoms with Crippen molar-refractivity contribution < 1.29 is 19.1 Å². The van der Waals surface area contributed by atoms with Crippen molar-refractivity contribution in [3.8, 4) is 5.75 Å². The molecule has 0 amide bonds. The molecule has 0 N–H and O–H groups in total. The second-order valence-electron chi connectivity index (χ2n) is 6.31. The van der Waals surface area contributed by atoms with Crippen LogP contribution in [0.5, 0.6) is 5.75 Å². The highest BCUT2D eigenvalue weighted by Crippen LogP contribution is 2.23. The number of carbonyl (C=O) groups is 2. The zero-order valence-electron chi connectivity index (χ0n) is 15.3. The maximum atomic E-state index is 12.3. The van der Waals surface area contributed by atoms with Crippen LogP contribution in [0.3, 0.4) is 0 Å². The summed E-state index contributed by atoms with van der Waals surface area (Å²) in [5.74, 6) is -0.547. The standard InChI is InChI=1S/C23H13Cl2NO4/c24-17-8-4-15(5-9-17)21-26-20(23(28)30-21)13-14-2-1-3-19(12-14)29-22(27)16-6-10-18(25)11-7-16/h1-13H/b20-13+. The average Bonchev–Trinajstić information content (AvgIpc) is 3.09. The quantitative estimate of drug-likeness (QED) is 0.304. The van der Waals surface area contributed by atoms with Gasteiger partial charge in [0.25, 0.3) is 0 Å². The van der Waals surface area contributed by atoms with E-state index in [9.17, 15) is 9.59 Å². The molecule has 5 nitrogen and oxygen atoms in total. The molecule has 0 unspecified atom stereocenters. The first kappa shape index (κ1) is 19.9. The fourth-order valence-corrected chi connectivity index (χ4v) is 2.95. The monoisotopic (exact) mass is 437 g/mol. The van der Waals surface area contributed by atoms with Gasteiger partial charge in [0.05, 0.1) is 5.56 Å². The molecule has 3 aromatic carbocycles. The van der Waals surface area contributed by atoms with Gasteiger partial charge in [0.2, 0.25) is 5.90 Å². The maximum Gasteiger partial charge on any atom is 0.363 e. The summed E-state index contributed by atoms with van der Waals surface area (Å²) >= 11 is 11.7. The zero-order valence-corrected chi connectivity index (χ0v) is 16.9. The van der Waals surface area contributed by atoms with Crippen LogP contribution in [0, 0.1) is 0 Å². The molecule has 1 aliphatic rings. The fraction of sp³-hybridized carbons (Fsp3) is 0. The van der Waals surface area contributed by atoms with Crippen LogP contribution < -0.4 is 4.74 Å². The van der Waals surface area contributed by atoms with E-state index >= 15 is 0 Å². The van der Waals surface area contributed by atoms with Gasteiger partial charge in [0, 0.05) is 15.6 Å². The molecule has 1 aliphatic heterocycles. The number of hydrogen-bond donors (Lipinski definition) is 0. The number of hydrogen-bond acceptors (Lipinski definition) is 5. The van der Waals surface area contributed by atoms with Crippen molar-refractivity contribution in [2.45, 2.75) is 0 Å². The Kier molecular flexibility index (Phi) is 5.65. The largest absolute Gasteiger partial charge is 0.423 e. The highest BCUT2D eigenvalue weighted by atomic mass is 35.5. The highest BCUT2D eigenvalue weighted by Gasteiger charge is 2.24. The number of cyclic esters (lactones) is 1. The number of benzene rings is 3. The minimum atomic E-state index is -0.566. The minimum Gasteiger partial charge on any atom is -0.423 e. The van der Waals surface area contributed by atoms with Crippen molar-refractivity contribution in [3.05, 3.63) is 105 Å². The molecule has 0 atom stereocenters. The summed E-state index contributed by atoms with van der Waals surface area (Å²) in [6.45, 7) is 0. The molecular weight excluding hydrogens is 425 g/mol. The molecule has 0 fully saturated rings. The van der Waals surface area contributed by atoms with Crippen LogP contribution in [0.4, 0.5) is 0 Å². The van der Waals surface area contributed by atoms with E-state index in [0.29, 0.717) is 32.5 Å². The van der Waals surface area contributed by atoms with Gasteiger partial charge in [-0.1, -0.05) is 35.3 Å². The summed E-state index contributed by atoms with van der Waals surface area (Å²) in [5, 5.41) is 1.10. The second kappa shape index (κ2) is 8.53. The van der Waals surface area contributed by atoms with Gasteiger partial charge in [-0.15, -0.1) is 0 Å². The third-order valence-electron chi connectivity index (χ3n) is 4.16. The smallest absolute Gasteiger partial charge is 0.363 e. The first-order valence-electron chi connectivity index (χ1n) is 8.84. The van der Waals surface area contributed by atoms with Gasteiger partial charge in [-0.05, 0) is 72.3 Å². The first-order valence-corrected chi connectivity index (χ1v) is 9.60. The molecule has 0 spiro atoms. The van der Waals surface area contributed by atoms with Crippen LogP contribution in [0.1, 0.15) is 21.5 Å². The van der Waals surface area contributed by atoms with E-state index in [4.69, 9.17) is 32.7 Å². The number of ether oxygens (including phenoxy) is 2. The van der Waals surface area contributed by atoms with Gasteiger partial charge >= 0.3 is 11.9 Å². The molecule has 0 saturated carbocycles. The highest BCUT2D eigenvalue weighted by molar-refractivity contribution is 6.31. The second-order valence-corrected chi connectivity index (χ2v) is 7.18. The lowest BCUT2D eigenvalue weighted by atomic mass is 10.2. The van der Waals surface area contributed by atoms with E-state index in [1.54, 1.807) is 78.9 Å². The van der Waals surface area contributed by atoms with E-state index in [-0.39, 0.29) is 11.6 Å². The molecule has 0 aliphatic carbocycles. The van der Waals surface area contributed by atoms with Crippen molar-refractivity contribution in [1.29, 1.82) is 0 Å². The van der Waals surface area contributed by atoms with Crippen LogP contribution in [0.25, 0.3) is 6.08 Å². The van der Waals surface area contributed by atoms with E-state index in [1.807, 2.05) is 0 Å². The van der Waals surface area contributed by atoms with Gasteiger partial charge in [-0.25, -0.2) is 14.6 Å². The predicted molar refractivity (Wildman–Crippen MR) is 115 cm³/mol. The van der Waals surface area contributed by atoms with Crippen LogP contribution in [-0.2, 0) is 9.53 Å². The summed E-state index contributed by atoms with van der Waals surface area (Å²) in [6.07, 6.45) is 1.56. The Morgan fingerprint density at radius 2 is 1.60 bits per heavy atom. The lowest BCUT2D eigenvalue weighted by Crippen LogP contribution is -2.08. The van der Waals surface area contributed by atoms with Crippen molar-refractivity contribution in [3.63, 3.8) is 0 Å². The first-order chi connectivity index (χ1) is 14.5. The summed E-state index contributed by atoms with van der Waals surface area (Å²) in [7, 11) is 0. The Labute approximate surface area is 182 Å². The van der Waals surface area contributed by atoms with Gasteiger partial charge < -0.3 is 9.47 Å². The molecule has 0 radical (unpaired) electrons. The van der Waals surface area contributed by atoms with Gasteiger partial charge in [0.15, 0.2) is 5.70 Å². The van der Waals surface area contributed by atoms with Crippen molar-refractivity contribution in [2.75, 3.05) is 0 Å². The molecule has 30 heavy (non-hydrogen) atoms. The van der Waals surface area contributed by atoms with Crippen molar-refractivity contribution in [2.24, 2.45) is 4.99 Å². The SMILES string of the molecule is O=C1OC(c2ccc(Cl)cc2)=N/C1=C/c1cccc(OC(=O)c2ccc(Cl)cc2)c1. The molecule has 148 valence electrons. The summed E-state index contributed by atoms with van der Waals surface area (Å²) in [6, 6.07) is 19.9. The summed E-state index contributed by atoms with van der Waals surface area (Å²) in [4.78, 5) is 28.7. The van der Waals surface area contributed by atoms with E-state index in [2.05, 4.69) is 4.99 Å². The molecular formula is C23H13Cl2NO4. The third kappa shape index (κ3) is 4.59. The topological polar surface area (TPSA) is 65.0 Å². The van der Waals surface area contributed by atoms with Crippen molar-refractivity contribution in [1.82, 2.24) is 0 Å². The van der Waals surface area contributed by atoms with Gasteiger partial charge in [-0.2, -0.15) is 0 Å². The molecule has 3 aromatic rings. The third-order valence-corrected chi connectivity index (χ3v) is 4.67. The Bertz CT molecular complexity index is 1180. The Morgan fingerprint density at radius 1 is 0.933 bits per heavy atom. The molecule has 1 heterocycles. The van der Waals surface area contributed by atoms with Crippen LogP contribution in [-0.4, -0.2) is 17.8 Å². The molecule has 0 saturated heterocycles. The molecule has 7 heteroatoms. The van der Waals surface area contributed by atoms with Crippen LogP contribution in [0.2, 0.25) is 10.0 Å².